The predicted octanol–water partition coefficient (Wildman–Crippen LogP) is 7.07. The molecule has 2 N–H and O–H groups in total. The van der Waals surface area contributed by atoms with Crippen molar-refractivity contribution < 1.29 is 10.2 Å². The molecule has 3 aromatic carbocycles. The van der Waals surface area contributed by atoms with Crippen LogP contribution < -0.4 is 0 Å². The molecule has 3 aromatic rings. The smallest absolute Gasteiger partial charge is 0.121 e. The second-order valence-corrected chi connectivity index (χ2v) is 8.53. The van der Waals surface area contributed by atoms with Crippen molar-refractivity contribution in [3.05, 3.63) is 86.9 Å². The average molecular weight is 445 g/mol. The fourth-order valence-electron chi connectivity index (χ4n) is 2.64. The summed E-state index contributed by atoms with van der Waals surface area (Å²) in [6, 6.07) is 18.3. The molecule has 0 atom stereocenters. The molecule has 0 heterocycles. The minimum Gasteiger partial charge on any atom is -0.507 e. The van der Waals surface area contributed by atoms with E-state index in [1.807, 2.05) is 58.0 Å². The van der Waals surface area contributed by atoms with Gasteiger partial charge in [-0.3, -0.25) is 0 Å². The molecule has 0 unspecified atom stereocenters. The third-order valence-electron chi connectivity index (χ3n) is 4.17. The van der Waals surface area contributed by atoms with Crippen molar-refractivity contribution in [1.82, 2.24) is 0 Å². The number of thioether (sulfide) groups is 1. The highest BCUT2D eigenvalue weighted by molar-refractivity contribution is 9.10. The summed E-state index contributed by atoms with van der Waals surface area (Å²) in [6.45, 7) is 7.64. The van der Waals surface area contributed by atoms with Gasteiger partial charge < -0.3 is 10.2 Å². The first kappa shape index (κ1) is 21.4. The second-order valence-electron chi connectivity index (χ2n) is 6.57. The van der Waals surface area contributed by atoms with Gasteiger partial charge in [0.15, 0.2) is 0 Å². The first-order valence-electron chi connectivity index (χ1n) is 8.70. The molecule has 0 bridgehead atoms. The van der Waals surface area contributed by atoms with Gasteiger partial charge in [0.25, 0.3) is 0 Å². The molecule has 0 saturated carbocycles. The maximum Gasteiger partial charge on any atom is 0.121 e. The van der Waals surface area contributed by atoms with Crippen LogP contribution in [0.25, 0.3) is 0 Å². The highest BCUT2D eigenvalue weighted by Crippen LogP contribution is 2.30. The molecule has 0 aliphatic carbocycles. The molecule has 0 fully saturated rings. The maximum absolute atomic E-state index is 9.71. The summed E-state index contributed by atoms with van der Waals surface area (Å²) in [4.78, 5) is 1.21. The lowest BCUT2D eigenvalue weighted by atomic mass is 10.1. The third-order valence-corrected chi connectivity index (χ3v) is 5.67. The molecule has 4 heteroatoms. The Morgan fingerprint density at radius 2 is 1.19 bits per heavy atom. The van der Waals surface area contributed by atoms with E-state index in [-0.39, 0.29) is 0 Å². The van der Waals surface area contributed by atoms with Crippen LogP contribution in [0, 0.1) is 27.7 Å². The van der Waals surface area contributed by atoms with Crippen LogP contribution in [0.15, 0.2) is 64.0 Å². The van der Waals surface area contributed by atoms with E-state index < -0.39 is 0 Å². The van der Waals surface area contributed by atoms with Crippen molar-refractivity contribution in [3.8, 4) is 11.5 Å². The summed E-state index contributed by atoms with van der Waals surface area (Å²) in [5.74, 6) is 1.77. The Balaban J connectivity index is 0.000000223. The molecular formula is C23H25BrO2S. The Kier molecular flexibility index (Phi) is 7.81. The van der Waals surface area contributed by atoms with Gasteiger partial charge in [-0.2, -0.15) is 0 Å². The number of hydrogen-bond acceptors (Lipinski definition) is 3. The Hall–Kier alpha value is -1.91. The van der Waals surface area contributed by atoms with Gasteiger partial charge in [0.2, 0.25) is 0 Å². The first-order chi connectivity index (χ1) is 12.8. The third kappa shape index (κ3) is 6.33. The van der Waals surface area contributed by atoms with Crippen LogP contribution in [0.5, 0.6) is 11.5 Å². The molecule has 0 aromatic heterocycles. The highest BCUT2D eigenvalue weighted by Gasteiger charge is 2.04. The van der Waals surface area contributed by atoms with Crippen LogP contribution in [-0.2, 0) is 5.75 Å². The monoisotopic (exact) mass is 444 g/mol. The number of aromatic hydroxyl groups is 2. The van der Waals surface area contributed by atoms with Crippen LogP contribution in [0.1, 0.15) is 27.8 Å². The lowest BCUT2D eigenvalue weighted by Gasteiger charge is -2.07. The van der Waals surface area contributed by atoms with Crippen molar-refractivity contribution in [3.63, 3.8) is 0 Å². The van der Waals surface area contributed by atoms with Crippen molar-refractivity contribution in [1.29, 1.82) is 0 Å². The Morgan fingerprint density at radius 3 is 1.67 bits per heavy atom. The van der Waals surface area contributed by atoms with E-state index in [1.165, 1.54) is 10.5 Å². The first-order valence-corrected chi connectivity index (χ1v) is 10.5. The minimum absolute atomic E-state index is 0.392. The maximum atomic E-state index is 9.71. The summed E-state index contributed by atoms with van der Waals surface area (Å²) < 4.78 is 1.01. The molecule has 0 aliphatic heterocycles. The number of halogens is 1. The number of phenols is 2. The number of aryl methyl sites for hydroxylation is 4. The van der Waals surface area contributed by atoms with Crippen LogP contribution in [-0.4, -0.2) is 10.2 Å². The molecule has 27 heavy (non-hydrogen) atoms. The van der Waals surface area contributed by atoms with Crippen LogP contribution in [0.2, 0.25) is 0 Å². The standard InChI is InChI=1S/C15H16OS.C8H9BrO/c1-11-8-14(9-12(2)15(11)16)17-10-13-6-4-3-5-7-13;1-5-3-7(9)4-6(2)8(5)10/h3-9,16H,10H2,1-2H3;3-4,10H,1-2H3. The molecule has 0 amide bonds. The van der Waals surface area contributed by atoms with Crippen molar-refractivity contribution in [2.75, 3.05) is 0 Å². The minimum atomic E-state index is 0.392. The Morgan fingerprint density at radius 1 is 0.741 bits per heavy atom. The second kappa shape index (κ2) is 9.86. The van der Waals surface area contributed by atoms with Crippen LogP contribution >= 0.6 is 27.7 Å². The molecule has 0 aliphatic rings. The lowest BCUT2D eigenvalue weighted by Crippen LogP contribution is -1.84. The topological polar surface area (TPSA) is 40.5 Å². The van der Waals surface area contributed by atoms with Crippen molar-refractivity contribution in [2.24, 2.45) is 0 Å². The number of phenolic OH excluding ortho intramolecular Hbond substituents is 2. The number of hydrogen-bond donors (Lipinski definition) is 2. The van der Waals surface area contributed by atoms with Crippen molar-refractivity contribution >= 4 is 27.7 Å². The molecule has 0 radical (unpaired) electrons. The van der Waals surface area contributed by atoms with Gasteiger partial charge in [0, 0.05) is 15.1 Å². The highest BCUT2D eigenvalue weighted by atomic mass is 79.9. The van der Waals surface area contributed by atoms with Gasteiger partial charge in [-0.25, -0.2) is 0 Å². The molecular weight excluding hydrogens is 420 g/mol. The van der Waals surface area contributed by atoms with Crippen LogP contribution in [0.3, 0.4) is 0 Å². The molecule has 3 rings (SSSR count). The zero-order valence-electron chi connectivity index (χ0n) is 16.1. The summed E-state index contributed by atoms with van der Waals surface area (Å²) in [6.07, 6.45) is 0. The zero-order valence-corrected chi connectivity index (χ0v) is 18.5. The quantitative estimate of drug-likeness (QED) is 0.424. The van der Waals surface area contributed by atoms with E-state index in [0.29, 0.717) is 11.5 Å². The van der Waals surface area contributed by atoms with Crippen molar-refractivity contribution in [2.45, 2.75) is 38.3 Å². The number of rotatable bonds is 3. The molecule has 0 saturated heterocycles. The van der Waals surface area contributed by atoms with Crippen LogP contribution in [0.4, 0.5) is 0 Å². The zero-order chi connectivity index (χ0) is 20.0. The molecule has 142 valence electrons. The summed E-state index contributed by atoms with van der Waals surface area (Å²) in [5, 5.41) is 19.0. The lowest BCUT2D eigenvalue weighted by molar-refractivity contribution is 0.466. The van der Waals surface area contributed by atoms with E-state index in [2.05, 4.69) is 40.2 Å². The van der Waals surface area contributed by atoms with Gasteiger partial charge in [-0.15, -0.1) is 11.8 Å². The van der Waals surface area contributed by atoms with Gasteiger partial charge >= 0.3 is 0 Å². The predicted molar refractivity (Wildman–Crippen MR) is 119 cm³/mol. The van der Waals surface area contributed by atoms with E-state index in [1.54, 1.807) is 11.8 Å². The summed E-state index contributed by atoms with van der Waals surface area (Å²) >= 11 is 5.14. The summed E-state index contributed by atoms with van der Waals surface area (Å²) in [5.41, 5.74) is 5.03. The largest absolute Gasteiger partial charge is 0.507 e. The average Bonchev–Trinajstić information content (AvgIpc) is 2.63. The fourth-order valence-corrected chi connectivity index (χ4v) is 4.38. The van der Waals surface area contributed by atoms with Gasteiger partial charge in [0.1, 0.15) is 11.5 Å². The Labute approximate surface area is 174 Å². The summed E-state index contributed by atoms with van der Waals surface area (Å²) in [7, 11) is 0. The normalized spacial score (nSPS) is 10.3. The number of benzene rings is 3. The van der Waals surface area contributed by atoms with E-state index >= 15 is 0 Å². The molecule has 0 spiro atoms. The van der Waals surface area contributed by atoms with E-state index in [9.17, 15) is 10.2 Å². The SMILES string of the molecule is Cc1cc(Br)cc(C)c1O.Cc1cc(SCc2ccccc2)cc(C)c1O. The van der Waals surface area contributed by atoms with E-state index in [4.69, 9.17) is 0 Å². The fraction of sp³-hybridized carbons (Fsp3) is 0.217. The van der Waals surface area contributed by atoms with Gasteiger partial charge in [0.05, 0.1) is 0 Å². The molecule has 2 nitrogen and oxygen atoms in total. The van der Waals surface area contributed by atoms with Gasteiger partial charge in [-0.1, -0.05) is 46.3 Å². The van der Waals surface area contributed by atoms with Gasteiger partial charge in [-0.05, 0) is 79.8 Å². The van der Waals surface area contributed by atoms with E-state index in [0.717, 1.165) is 32.5 Å². The Bertz CT molecular complexity index is 861.